The van der Waals surface area contributed by atoms with Crippen molar-refractivity contribution in [3.05, 3.63) is 65.7 Å². The molecule has 0 saturated heterocycles. The molecule has 0 aliphatic carbocycles. The molecule has 0 aliphatic rings. The standard InChI is InChI=1S/C18H20N2O4/c1-24-14-9-5-6-12(10-14)11-15(17(19)22)20-18(23)16(21)13-7-3-2-4-8-13/h2-10,15-16,21H,11H2,1H3,(H2,19,22)(H,20,23)/t15-,16+/m1/s1. The van der Waals surface area contributed by atoms with Crippen LogP contribution in [0.4, 0.5) is 0 Å². The Balaban J connectivity index is 2.08. The van der Waals surface area contributed by atoms with E-state index in [2.05, 4.69) is 5.32 Å². The monoisotopic (exact) mass is 328 g/mol. The van der Waals surface area contributed by atoms with Crippen LogP contribution in [-0.2, 0) is 16.0 Å². The van der Waals surface area contributed by atoms with Gasteiger partial charge in [-0.25, -0.2) is 0 Å². The molecule has 0 bridgehead atoms. The molecule has 2 atom stereocenters. The van der Waals surface area contributed by atoms with Crippen molar-refractivity contribution < 1.29 is 19.4 Å². The molecule has 126 valence electrons. The summed E-state index contributed by atoms with van der Waals surface area (Å²) >= 11 is 0. The number of benzene rings is 2. The molecule has 0 saturated carbocycles. The number of aliphatic hydroxyl groups excluding tert-OH is 1. The number of nitrogens with two attached hydrogens (primary N) is 1. The summed E-state index contributed by atoms with van der Waals surface area (Å²) in [4.78, 5) is 23.8. The lowest BCUT2D eigenvalue weighted by atomic mass is 10.0. The van der Waals surface area contributed by atoms with E-state index >= 15 is 0 Å². The second kappa shape index (κ2) is 8.12. The predicted molar refractivity (Wildman–Crippen MR) is 89.2 cm³/mol. The summed E-state index contributed by atoms with van der Waals surface area (Å²) in [6.07, 6.45) is -1.15. The lowest BCUT2D eigenvalue weighted by Gasteiger charge is -2.18. The van der Waals surface area contributed by atoms with Gasteiger partial charge < -0.3 is 20.9 Å². The summed E-state index contributed by atoms with van der Waals surface area (Å²) in [6.45, 7) is 0. The molecule has 2 aromatic carbocycles. The number of methoxy groups -OCH3 is 1. The molecular formula is C18H20N2O4. The van der Waals surface area contributed by atoms with Crippen molar-refractivity contribution in [2.75, 3.05) is 7.11 Å². The molecular weight excluding hydrogens is 308 g/mol. The highest BCUT2D eigenvalue weighted by Gasteiger charge is 2.24. The van der Waals surface area contributed by atoms with Gasteiger partial charge in [0.15, 0.2) is 6.10 Å². The normalized spacial score (nSPS) is 12.9. The molecule has 0 aromatic heterocycles. The summed E-state index contributed by atoms with van der Waals surface area (Å²) in [5.74, 6) is -0.703. The van der Waals surface area contributed by atoms with Crippen molar-refractivity contribution in [2.45, 2.75) is 18.6 Å². The zero-order chi connectivity index (χ0) is 17.5. The van der Waals surface area contributed by atoms with E-state index in [4.69, 9.17) is 10.5 Å². The topological polar surface area (TPSA) is 102 Å². The average Bonchev–Trinajstić information content (AvgIpc) is 2.61. The fraction of sp³-hybridized carbons (Fsp3) is 0.222. The number of nitrogens with one attached hydrogen (secondary N) is 1. The molecule has 2 amide bonds. The Labute approximate surface area is 140 Å². The first-order valence-electron chi connectivity index (χ1n) is 7.47. The summed E-state index contributed by atoms with van der Waals surface area (Å²) in [7, 11) is 1.54. The van der Waals surface area contributed by atoms with E-state index in [1.807, 2.05) is 0 Å². The molecule has 0 radical (unpaired) electrons. The molecule has 6 nitrogen and oxygen atoms in total. The lowest BCUT2D eigenvalue weighted by Crippen LogP contribution is -2.47. The molecule has 2 aromatic rings. The molecule has 0 spiro atoms. The SMILES string of the molecule is COc1cccc(C[C@@H](NC(=O)[C@@H](O)c2ccccc2)C(N)=O)c1. The van der Waals surface area contributed by atoms with Crippen LogP contribution in [0, 0.1) is 0 Å². The van der Waals surface area contributed by atoms with Gasteiger partial charge in [-0.15, -0.1) is 0 Å². The number of carbonyl (C=O) groups is 2. The van der Waals surface area contributed by atoms with Gasteiger partial charge >= 0.3 is 0 Å². The first kappa shape index (κ1) is 17.5. The van der Waals surface area contributed by atoms with Gasteiger partial charge in [0.25, 0.3) is 5.91 Å². The maximum Gasteiger partial charge on any atom is 0.254 e. The Kier molecular flexibility index (Phi) is 5.92. The fourth-order valence-electron chi connectivity index (χ4n) is 2.30. The summed E-state index contributed by atoms with van der Waals surface area (Å²) in [5, 5.41) is 12.6. The third-order valence-electron chi connectivity index (χ3n) is 3.60. The molecule has 6 heteroatoms. The van der Waals surface area contributed by atoms with Crippen molar-refractivity contribution in [1.29, 1.82) is 0 Å². The van der Waals surface area contributed by atoms with E-state index < -0.39 is 24.0 Å². The van der Waals surface area contributed by atoms with Crippen molar-refractivity contribution in [1.82, 2.24) is 5.32 Å². The number of rotatable bonds is 7. The van der Waals surface area contributed by atoms with E-state index in [1.54, 1.807) is 61.7 Å². The number of primary amides is 1. The Hall–Kier alpha value is -2.86. The van der Waals surface area contributed by atoms with Crippen LogP contribution in [0.25, 0.3) is 0 Å². The number of hydrogen-bond acceptors (Lipinski definition) is 4. The second-order valence-electron chi connectivity index (χ2n) is 5.33. The van der Waals surface area contributed by atoms with Crippen molar-refractivity contribution in [2.24, 2.45) is 5.73 Å². The Bertz CT molecular complexity index is 703. The van der Waals surface area contributed by atoms with E-state index in [1.165, 1.54) is 0 Å². The molecule has 4 N–H and O–H groups in total. The quantitative estimate of drug-likeness (QED) is 0.704. The van der Waals surface area contributed by atoms with E-state index in [-0.39, 0.29) is 6.42 Å². The minimum absolute atomic E-state index is 0.208. The Morgan fingerprint density at radius 1 is 1.17 bits per heavy atom. The summed E-state index contributed by atoms with van der Waals surface area (Å²) in [5.41, 5.74) is 6.60. The summed E-state index contributed by atoms with van der Waals surface area (Å²) < 4.78 is 5.13. The molecule has 0 unspecified atom stereocenters. The smallest absolute Gasteiger partial charge is 0.254 e. The minimum atomic E-state index is -1.36. The average molecular weight is 328 g/mol. The number of aliphatic hydroxyl groups is 1. The van der Waals surface area contributed by atoms with Crippen LogP contribution in [0.15, 0.2) is 54.6 Å². The van der Waals surface area contributed by atoms with Crippen molar-refractivity contribution >= 4 is 11.8 Å². The number of amides is 2. The van der Waals surface area contributed by atoms with Gasteiger partial charge in [0.1, 0.15) is 11.8 Å². The third-order valence-corrected chi connectivity index (χ3v) is 3.60. The van der Waals surface area contributed by atoms with Gasteiger partial charge in [-0.05, 0) is 23.3 Å². The van der Waals surface area contributed by atoms with Crippen LogP contribution in [0.3, 0.4) is 0 Å². The van der Waals surface area contributed by atoms with Crippen LogP contribution in [0.5, 0.6) is 5.75 Å². The molecule has 2 rings (SSSR count). The van der Waals surface area contributed by atoms with Gasteiger partial charge in [-0.3, -0.25) is 9.59 Å². The second-order valence-corrected chi connectivity index (χ2v) is 5.33. The van der Waals surface area contributed by atoms with Gasteiger partial charge in [0.2, 0.25) is 5.91 Å². The van der Waals surface area contributed by atoms with Gasteiger partial charge in [0.05, 0.1) is 7.11 Å². The van der Waals surface area contributed by atoms with Gasteiger partial charge in [0, 0.05) is 6.42 Å². The van der Waals surface area contributed by atoms with Crippen molar-refractivity contribution in [3.8, 4) is 5.75 Å². The van der Waals surface area contributed by atoms with Crippen LogP contribution in [0.1, 0.15) is 17.2 Å². The van der Waals surface area contributed by atoms with Crippen LogP contribution >= 0.6 is 0 Å². The van der Waals surface area contributed by atoms with Crippen LogP contribution in [-0.4, -0.2) is 30.1 Å². The first-order valence-corrected chi connectivity index (χ1v) is 7.47. The van der Waals surface area contributed by atoms with E-state index in [0.29, 0.717) is 11.3 Å². The lowest BCUT2D eigenvalue weighted by molar-refractivity contribution is -0.133. The van der Waals surface area contributed by atoms with Crippen LogP contribution < -0.4 is 15.8 Å². The van der Waals surface area contributed by atoms with E-state index in [9.17, 15) is 14.7 Å². The third kappa shape index (κ3) is 4.57. The Morgan fingerprint density at radius 2 is 1.88 bits per heavy atom. The molecule has 0 heterocycles. The maximum absolute atomic E-state index is 12.2. The maximum atomic E-state index is 12.2. The van der Waals surface area contributed by atoms with Gasteiger partial charge in [-0.2, -0.15) is 0 Å². The van der Waals surface area contributed by atoms with Crippen LogP contribution in [0.2, 0.25) is 0 Å². The highest BCUT2D eigenvalue weighted by molar-refractivity contribution is 5.89. The Morgan fingerprint density at radius 3 is 2.50 bits per heavy atom. The van der Waals surface area contributed by atoms with Gasteiger partial charge in [-0.1, -0.05) is 42.5 Å². The molecule has 24 heavy (non-hydrogen) atoms. The highest BCUT2D eigenvalue weighted by atomic mass is 16.5. The minimum Gasteiger partial charge on any atom is -0.497 e. The first-order chi connectivity index (χ1) is 11.5. The van der Waals surface area contributed by atoms with Crippen molar-refractivity contribution in [3.63, 3.8) is 0 Å². The predicted octanol–water partition coefficient (Wildman–Crippen LogP) is 0.941. The largest absolute Gasteiger partial charge is 0.497 e. The molecule has 0 aliphatic heterocycles. The zero-order valence-electron chi connectivity index (χ0n) is 13.3. The van der Waals surface area contributed by atoms with E-state index in [0.717, 1.165) is 5.56 Å². The summed E-state index contributed by atoms with van der Waals surface area (Å²) in [6, 6.07) is 14.7. The number of carbonyl (C=O) groups excluding carboxylic acids is 2. The number of hydrogen-bond donors (Lipinski definition) is 3. The molecule has 0 fully saturated rings. The fourth-order valence-corrected chi connectivity index (χ4v) is 2.30. The number of ether oxygens (including phenoxy) is 1. The zero-order valence-corrected chi connectivity index (χ0v) is 13.3. The highest BCUT2D eigenvalue weighted by Crippen LogP contribution is 2.15.